The van der Waals surface area contributed by atoms with E-state index in [-0.39, 0.29) is 0 Å². The summed E-state index contributed by atoms with van der Waals surface area (Å²) in [6.07, 6.45) is 6.79. The van der Waals surface area contributed by atoms with Crippen LogP contribution < -0.4 is 10.1 Å². The lowest BCUT2D eigenvalue weighted by Crippen LogP contribution is -2.35. The Hall–Kier alpha value is -2.04. The first kappa shape index (κ1) is 18.3. The summed E-state index contributed by atoms with van der Waals surface area (Å²) in [5.74, 6) is 1.39. The van der Waals surface area contributed by atoms with Crippen LogP contribution >= 0.6 is 11.6 Å². The molecule has 2 N–H and O–H groups in total. The molecule has 0 radical (unpaired) electrons. The minimum absolute atomic E-state index is 0.511. The lowest BCUT2D eigenvalue weighted by Gasteiger charge is -2.34. The molecule has 1 aliphatic rings. The van der Waals surface area contributed by atoms with Crippen molar-refractivity contribution in [2.24, 2.45) is 5.41 Å². The molecule has 1 heterocycles. The Labute approximate surface area is 165 Å². The Bertz CT molecular complexity index is 907. The van der Waals surface area contributed by atoms with Crippen LogP contribution in [0.2, 0.25) is 5.02 Å². The molecule has 1 fully saturated rings. The Balaban J connectivity index is 1.35. The second-order valence-corrected chi connectivity index (χ2v) is 8.67. The quantitative estimate of drug-likeness (QED) is 0.562. The molecule has 1 aliphatic carbocycles. The smallest absolute Gasteiger partial charge is 0.148 e. The Morgan fingerprint density at radius 1 is 1.19 bits per heavy atom. The van der Waals surface area contributed by atoms with E-state index in [1.165, 1.54) is 31.2 Å². The maximum absolute atomic E-state index is 6.31. The highest BCUT2D eigenvalue weighted by molar-refractivity contribution is 6.32. The van der Waals surface area contributed by atoms with Crippen molar-refractivity contribution in [2.75, 3.05) is 0 Å². The van der Waals surface area contributed by atoms with Crippen LogP contribution in [0, 0.1) is 5.41 Å². The highest BCUT2D eigenvalue weighted by Gasteiger charge is 2.26. The zero-order chi connectivity index (χ0) is 18.9. The van der Waals surface area contributed by atoms with Gasteiger partial charge < -0.3 is 15.0 Å². The summed E-state index contributed by atoms with van der Waals surface area (Å²) >= 11 is 6.31. The predicted octanol–water partition coefficient (Wildman–Crippen LogP) is 6.07. The molecular weight excluding hydrogens is 358 g/mol. The first-order chi connectivity index (χ1) is 13.0. The number of hydrogen-bond donors (Lipinski definition) is 2. The van der Waals surface area contributed by atoms with Crippen molar-refractivity contribution in [3.05, 3.63) is 53.3 Å². The predicted molar refractivity (Wildman–Crippen MR) is 110 cm³/mol. The van der Waals surface area contributed by atoms with Gasteiger partial charge in [-0.2, -0.15) is 0 Å². The molecule has 0 spiro atoms. The molecular formula is C22H26ClN3O. The number of aromatic amines is 1. The molecule has 4 nitrogen and oxygen atoms in total. The molecule has 0 aliphatic heterocycles. The van der Waals surface area contributed by atoms with Crippen molar-refractivity contribution >= 4 is 22.6 Å². The van der Waals surface area contributed by atoms with Crippen molar-refractivity contribution in [1.82, 2.24) is 15.3 Å². The largest absolute Gasteiger partial charge is 0.456 e. The van der Waals surface area contributed by atoms with Gasteiger partial charge in [-0.05, 0) is 54.9 Å². The molecule has 27 heavy (non-hydrogen) atoms. The van der Waals surface area contributed by atoms with Crippen molar-refractivity contribution in [3.8, 4) is 11.5 Å². The fraction of sp³-hybridized carbons (Fsp3) is 0.409. The van der Waals surface area contributed by atoms with Crippen molar-refractivity contribution in [3.63, 3.8) is 0 Å². The van der Waals surface area contributed by atoms with Gasteiger partial charge in [-0.1, -0.05) is 37.6 Å². The van der Waals surface area contributed by atoms with E-state index in [1.54, 1.807) is 6.33 Å². The molecule has 0 saturated heterocycles. The number of nitrogens with one attached hydrogen (secondary N) is 2. The van der Waals surface area contributed by atoms with Gasteiger partial charge in [0.25, 0.3) is 0 Å². The molecule has 0 amide bonds. The van der Waals surface area contributed by atoms with Crippen LogP contribution in [-0.2, 0) is 6.54 Å². The van der Waals surface area contributed by atoms with Gasteiger partial charge in [-0.3, -0.25) is 0 Å². The number of nitrogens with zero attached hydrogens (tertiary/aromatic N) is 1. The second kappa shape index (κ2) is 7.53. The van der Waals surface area contributed by atoms with E-state index in [1.807, 2.05) is 24.3 Å². The van der Waals surface area contributed by atoms with E-state index in [4.69, 9.17) is 16.3 Å². The average Bonchev–Trinajstić information content (AvgIpc) is 3.09. The number of rotatable bonds is 5. The summed E-state index contributed by atoms with van der Waals surface area (Å²) in [7, 11) is 0. The number of ether oxygens (including phenoxy) is 1. The second-order valence-electron chi connectivity index (χ2n) is 8.27. The van der Waals surface area contributed by atoms with Crippen LogP contribution in [0.3, 0.4) is 0 Å². The minimum Gasteiger partial charge on any atom is -0.456 e. The third-order valence-electron chi connectivity index (χ3n) is 5.56. The molecule has 0 unspecified atom stereocenters. The minimum atomic E-state index is 0.511. The van der Waals surface area contributed by atoms with Gasteiger partial charge in [-0.15, -0.1) is 0 Å². The number of hydrogen-bond acceptors (Lipinski definition) is 3. The Morgan fingerprint density at radius 2 is 1.93 bits per heavy atom. The Kier molecular flexibility index (Phi) is 5.11. The summed E-state index contributed by atoms with van der Waals surface area (Å²) in [6.45, 7) is 5.64. The normalized spacial score (nSPS) is 17.3. The first-order valence-corrected chi connectivity index (χ1v) is 9.99. The molecule has 2 aromatic carbocycles. The molecule has 4 rings (SSSR count). The van der Waals surface area contributed by atoms with Crippen LogP contribution in [0.1, 0.15) is 45.1 Å². The number of fused-ring (bicyclic) bond motifs is 1. The number of aromatic nitrogens is 2. The first-order valence-electron chi connectivity index (χ1n) is 9.61. The molecule has 5 heteroatoms. The van der Waals surface area contributed by atoms with E-state index >= 15 is 0 Å². The van der Waals surface area contributed by atoms with Gasteiger partial charge in [0, 0.05) is 18.7 Å². The zero-order valence-electron chi connectivity index (χ0n) is 15.9. The summed E-state index contributed by atoms with van der Waals surface area (Å²) < 4.78 is 5.95. The number of halogens is 1. The fourth-order valence-electron chi connectivity index (χ4n) is 3.68. The topological polar surface area (TPSA) is 49.9 Å². The van der Waals surface area contributed by atoms with Gasteiger partial charge >= 0.3 is 0 Å². The number of imidazole rings is 1. The zero-order valence-corrected chi connectivity index (χ0v) is 16.6. The van der Waals surface area contributed by atoms with E-state index in [0.29, 0.717) is 22.2 Å². The van der Waals surface area contributed by atoms with Crippen LogP contribution in [0.25, 0.3) is 11.0 Å². The van der Waals surface area contributed by atoms with Gasteiger partial charge in [0.15, 0.2) is 0 Å². The molecule has 142 valence electrons. The van der Waals surface area contributed by atoms with E-state index in [2.05, 4.69) is 41.3 Å². The number of H-pyrrole nitrogens is 1. The lowest BCUT2D eigenvalue weighted by atomic mass is 9.75. The number of benzene rings is 2. The SMILES string of the molecule is CC1(C)CCC(NCc2ccc(Oc3cc4nc[nH]c4cc3Cl)cc2)CC1. The van der Waals surface area contributed by atoms with Gasteiger partial charge in [-0.25, -0.2) is 4.98 Å². The van der Waals surface area contributed by atoms with Crippen molar-refractivity contribution in [1.29, 1.82) is 0 Å². The summed E-state index contributed by atoms with van der Waals surface area (Å²) in [6, 6.07) is 12.5. The summed E-state index contributed by atoms with van der Waals surface area (Å²) in [5, 5.41) is 4.26. The monoisotopic (exact) mass is 383 g/mol. The van der Waals surface area contributed by atoms with Crippen LogP contribution in [-0.4, -0.2) is 16.0 Å². The molecule has 1 saturated carbocycles. The van der Waals surface area contributed by atoms with Gasteiger partial charge in [0.1, 0.15) is 11.5 Å². The van der Waals surface area contributed by atoms with E-state index < -0.39 is 0 Å². The maximum Gasteiger partial charge on any atom is 0.148 e. The third-order valence-corrected chi connectivity index (χ3v) is 5.85. The highest BCUT2D eigenvalue weighted by Crippen LogP contribution is 2.35. The van der Waals surface area contributed by atoms with Crippen LogP contribution in [0.5, 0.6) is 11.5 Å². The van der Waals surface area contributed by atoms with Crippen molar-refractivity contribution < 1.29 is 4.74 Å². The van der Waals surface area contributed by atoms with Crippen LogP contribution in [0.15, 0.2) is 42.7 Å². The highest BCUT2D eigenvalue weighted by atomic mass is 35.5. The third kappa shape index (κ3) is 4.45. The molecule has 0 bridgehead atoms. The molecule has 3 aromatic rings. The van der Waals surface area contributed by atoms with Gasteiger partial charge in [0.05, 0.1) is 22.4 Å². The summed E-state index contributed by atoms with van der Waals surface area (Å²) in [4.78, 5) is 7.30. The summed E-state index contributed by atoms with van der Waals surface area (Å²) in [5.41, 5.74) is 3.52. The fourth-order valence-corrected chi connectivity index (χ4v) is 3.88. The average molecular weight is 384 g/mol. The van der Waals surface area contributed by atoms with Gasteiger partial charge in [0.2, 0.25) is 0 Å². The molecule has 0 atom stereocenters. The van der Waals surface area contributed by atoms with Crippen LogP contribution in [0.4, 0.5) is 0 Å². The van der Waals surface area contributed by atoms with Crippen molar-refractivity contribution in [2.45, 2.75) is 52.1 Å². The van der Waals surface area contributed by atoms with E-state index in [0.717, 1.165) is 23.3 Å². The molecule has 1 aromatic heterocycles. The van der Waals surface area contributed by atoms with E-state index in [9.17, 15) is 0 Å². The standard InChI is InChI=1S/C22H26ClN3O/c1-22(2)9-7-16(8-10-22)24-13-15-3-5-17(6-4-15)27-21-12-20-19(11-18(21)23)25-14-26-20/h3-6,11-12,14,16,24H,7-10,13H2,1-2H3,(H,25,26). The Morgan fingerprint density at radius 3 is 2.67 bits per heavy atom. The maximum atomic E-state index is 6.31. The lowest BCUT2D eigenvalue weighted by molar-refractivity contribution is 0.206.